The average molecular weight is 472 g/mol. The SMILES string of the molecule is O=C(Cc1[nH]c(=S)n2c1CC(c1c(F)ccc(Br)c1F)C2)NC1CCOCC1. The summed E-state index contributed by atoms with van der Waals surface area (Å²) in [5, 5.41) is 3.03. The Kier molecular flexibility index (Phi) is 5.66. The van der Waals surface area contributed by atoms with Gasteiger partial charge in [-0.3, -0.25) is 4.79 Å². The van der Waals surface area contributed by atoms with Crippen molar-refractivity contribution in [2.45, 2.75) is 44.2 Å². The number of imidazole rings is 1. The van der Waals surface area contributed by atoms with Gasteiger partial charge in [-0.2, -0.15) is 0 Å². The van der Waals surface area contributed by atoms with Crippen molar-refractivity contribution in [1.29, 1.82) is 0 Å². The molecule has 1 saturated heterocycles. The Morgan fingerprint density at radius 1 is 1.36 bits per heavy atom. The van der Waals surface area contributed by atoms with Crippen LogP contribution >= 0.6 is 28.1 Å². The van der Waals surface area contributed by atoms with E-state index in [1.54, 1.807) is 0 Å². The minimum Gasteiger partial charge on any atom is -0.381 e. The van der Waals surface area contributed by atoms with Gasteiger partial charge in [-0.15, -0.1) is 0 Å². The van der Waals surface area contributed by atoms with Crippen LogP contribution in [-0.2, 0) is 28.9 Å². The number of carbonyl (C=O) groups excluding carboxylic acids is 1. The minimum absolute atomic E-state index is 0.0603. The van der Waals surface area contributed by atoms with Gasteiger partial charge in [0, 0.05) is 48.7 Å². The molecule has 2 aromatic rings. The summed E-state index contributed by atoms with van der Waals surface area (Å²) in [6.07, 6.45) is 2.20. The van der Waals surface area contributed by atoms with Crippen molar-refractivity contribution >= 4 is 34.1 Å². The number of nitrogens with one attached hydrogen (secondary N) is 2. The number of ether oxygens (including phenoxy) is 1. The summed E-state index contributed by atoms with van der Waals surface area (Å²) in [6.45, 7) is 1.69. The molecule has 1 atom stereocenters. The number of benzene rings is 1. The molecule has 2 aliphatic rings. The molecule has 1 aromatic carbocycles. The second kappa shape index (κ2) is 8.04. The molecule has 2 aliphatic heterocycles. The Labute approximate surface area is 174 Å². The maximum absolute atomic E-state index is 14.5. The number of rotatable bonds is 4. The quantitative estimate of drug-likeness (QED) is 0.527. The molecule has 9 heteroatoms. The zero-order chi connectivity index (χ0) is 19.8. The number of nitrogens with zero attached hydrogens (tertiary/aromatic N) is 1. The molecule has 0 spiro atoms. The van der Waals surface area contributed by atoms with E-state index in [2.05, 4.69) is 26.2 Å². The number of hydrogen-bond donors (Lipinski definition) is 2. The van der Waals surface area contributed by atoms with Gasteiger partial charge in [-0.25, -0.2) is 8.78 Å². The van der Waals surface area contributed by atoms with E-state index in [4.69, 9.17) is 17.0 Å². The molecular weight excluding hydrogens is 452 g/mol. The van der Waals surface area contributed by atoms with Gasteiger partial charge < -0.3 is 19.6 Å². The molecule has 1 amide bonds. The van der Waals surface area contributed by atoms with Crippen molar-refractivity contribution < 1.29 is 18.3 Å². The molecule has 5 nitrogen and oxygen atoms in total. The summed E-state index contributed by atoms with van der Waals surface area (Å²) in [4.78, 5) is 15.5. The van der Waals surface area contributed by atoms with Crippen LogP contribution in [0.3, 0.4) is 0 Å². The van der Waals surface area contributed by atoms with Crippen LogP contribution in [0.2, 0.25) is 0 Å². The van der Waals surface area contributed by atoms with Crippen LogP contribution in [0.5, 0.6) is 0 Å². The molecule has 0 bridgehead atoms. The topological polar surface area (TPSA) is 59.0 Å². The first-order valence-corrected chi connectivity index (χ1v) is 10.4. The van der Waals surface area contributed by atoms with Crippen molar-refractivity contribution in [1.82, 2.24) is 14.9 Å². The van der Waals surface area contributed by atoms with E-state index in [9.17, 15) is 13.6 Å². The number of amides is 1. The van der Waals surface area contributed by atoms with Crippen LogP contribution in [-0.4, -0.2) is 34.7 Å². The van der Waals surface area contributed by atoms with Crippen LogP contribution in [0, 0.1) is 16.4 Å². The first-order valence-electron chi connectivity index (χ1n) is 9.25. The highest BCUT2D eigenvalue weighted by Crippen LogP contribution is 2.36. The summed E-state index contributed by atoms with van der Waals surface area (Å²) in [6, 6.07) is 2.75. The van der Waals surface area contributed by atoms with Crippen molar-refractivity contribution in [3.05, 3.63) is 50.0 Å². The van der Waals surface area contributed by atoms with E-state index < -0.39 is 11.6 Å². The lowest BCUT2D eigenvalue weighted by Gasteiger charge is -2.23. The normalized spacial score (nSPS) is 19.6. The first-order chi connectivity index (χ1) is 13.4. The van der Waals surface area contributed by atoms with Crippen molar-refractivity contribution in [2.75, 3.05) is 13.2 Å². The fourth-order valence-electron chi connectivity index (χ4n) is 4.04. The van der Waals surface area contributed by atoms with E-state index in [1.807, 2.05) is 4.57 Å². The van der Waals surface area contributed by atoms with Gasteiger partial charge in [0.15, 0.2) is 4.77 Å². The van der Waals surface area contributed by atoms with Gasteiger partial charge in [0.05, 0.1) is 10.9 Å². The predicted octanol–water partition coefficient (Wildman–Crippen LogP) is 3.76. The Balaban J connectivity index is 1.52. The molecule has 1 fully saturated rings. The summed E-state index contributed by atoms with van der Waals surface area (Å²) in [5.41, 5.74) is 1.62. The van der Waals surface area contributed by atoms with Gasteiger partial charge in [0.1, 0.15) is 11.6 Å². The zero-order valence-corrected chi connectivity index (χ0v) is 17.5. The molecule has 1 aromatic heterocycles. The lowest BCUT2D eigenvalue weighted by molar-refractivity contribution is -0.121. The molecule has 0 radical (unpaired) electrons. The highest BCUT2D eigenvalue weighted by Gasteiger charge is 2.32. The molecule has 150 valence electrons. The third-order valence-corrected chi connectivity index (χ3v) is 6.37. The molecule has 0 aliphatic carbocycles. The van der Waals surface area contributed by atoms with Gasteiger partial charge in [-0.05, 0) is 59.5 Å². The van der Waals surface area contributed by atoms with E-state index in [0.29, 0.717) is 36.6 Å². The smallest absolute Gasteiger partial charge is 0.226 e. The fourth-order valence-corrected chi connectivity index (χ4v) is 4.69. The average Bonchev–Trinajstić information content (AvgIpc) is 3.21. The van der Waals surface area contributed by atoms with Crippen LogP contribution in [0.4, 0.5) is 8.78 Å². The third kappa shape index (κ3) is 3.79. The van der Waals surface area contributed by atoms with Crippen molar-refractivity contribution in [3.63, 3.8) is 0 Å². The predicted molar refractivity (Wildman–Crippen MR) is 106 cm³/mol. The lowest BCUT2D eigenvalue weighted by Crippen LogP contribution is -2.39. The van der Waals surface area contributed by atoms with E-state index in [1.165, 1.54) is 12.1 Å². The second-order valence-corrected chi connectivity index (χ2v) is 8.50. The first kappa shape index (κ1) is 19.7. The van der Waals surface area contributed by atoms with Crippen LogP contribution in [0.15, 0.2) is 16.6 Å². The third-order valence-electron chi connectivity index (χ3n) is 5.43. The van der Waals surface area contributed by atoms with Gasteiger partial charge >= 0.3 is 0 Å². The molecule has 1 unspecified atom stereocenters. The number of hydrogen-bond acceptors (Lipinski definition) is 3. The second-order valence-electron chi connectivity index (χ2n) is 7.25. The Morgan fingerprint density at radius 2 is 2.11 bits per heavy atom. The monoisotopic (exact) mass is 471 g/mol. The minimum atomic E-state index is -0.579. The standard InChI is InChI=1S/C19H20BrF2N3O2S/c20-12-1-2-13(21)17(18(12)22)10-7-15-14(24-19(28)25(15)9-10)8-16(26)23-11-3-5-27-6-4-11/h1-2,10-11H,3-9H2,(H,23,26)(H,24,28). The lowest BCUT2D eigenvalue weighted by atomic mass is 9.95. The number of carbonyl (C=O) groups is 1. The van der Waals surface area contributed by atoms with Crippen LogP contribution < -0.4 is 5.32 Å². The van der Waals surface area contributed by atoms with Crippen LogP contribution in [0.1, 0.15) is 35.7 Å². The molecule has 28 heavy (non-hydrogen) atoms. The summed E-state index contributed by atoms with van der Waals surface area (Å²) >= 11 is 8.50. The summed E-state index contributed by atoms with van der Waals surface area (Å²) in [5.74, 6) is -1.59. The molecular formula is C19H20BrF2N3O2S. The Bertz CT molecular complexity index is 969. The molecule has 2 N–H and O–H groups in total. The largest absolute Gasteiger partial charge is 0.381 e. The van der Waals surface area contributed by atoms with E-state index in [-0.39, 0.29) is 34.3 Å². The van der Waals surface area contributed by atoms with Crippen molar-refractivity contribution in [2.24, 2.45) is 0 Å². The molecule has 3 heterocycles. The van der Waals surface area contributed by atoms with Gasteiger partial charge in [0.25, 0.3) is 0 Å². The van der Waals surface area contributed by atoms with E-state index >= 15 is 0 Å². The number of fused-ring (bicyclic) bond motifs is 1. The van der Waals surface area contributed by atoms with E-state index in [0.717, 1.165) is 18.5 Å². The van der Waals surface area contributed by atoms with Crippen LogP contribution in [0.25, 0.3) is 0 Å². The Hall–Kier alpha value is -1.58. The molecule has 0 saturated carbocycles. The fraction of sp³-hybridized carbons (Fsp3) is 0.474. The van der Waals surface area contributed by atoms with Gasteiger partial charge in [-0.1, -0.05) is 0 Å². The van der Waals surface area contributed by atoms with Crippen molar-refractivity contribution in [3.8, 4) is 0 Å². The summed E-state index contributed by atoms with van der Waals surface area (Å²) in [7, 11) is 0. The highest BCUT2D eigenvalue weighted by molar-refractivity contribution is 9.10. The maximum Gasteiger partial charge on any atom is 0.226 e. The zero-order valence-electron chi connectivity index (χ0n) is 15.1. The number of H-pyrrole nitrogens is 1. The van der Waals surface area contributed by atoms with Gasteiger partial charge in [0.2, 0.25) is 5.91 Å². The number of halogens is 3. The maximum atomic E-state index is 14.5. The number of aromatic amines is 1. The Morgan fingerprint density at radius 3 is 2.86 bits per heavy atom. The highest BCUT2D eigenvalue weighted by atomic mass is 79.9. The summed E-state index contributed by atoms with van der Waals surface area (Å²) < 4.78 is 36.7. The molecule has 4 rings (SSSR count). The number of aromatic nitrogens is 2.